The minimum atomic E-state index is -0.533. The highest BCUT2D eigenvalue weighted by Crippen LogP contribution is 2.17. The average molecular weight is 384 g/mol. The van der Waals surface area contributed by atoms with Gasteiger partial charge >= 0.3 is 0 Å². The molecule has 2 aromatic heterocycles. The van der Waals surface area contributed by atoms with Gasteiger partial charge in [0.2, 0.25) is 0 Å². The summed E-state index contributed by atoms with van der Waals surface area (Å²) in [6.07, 6.45) is 3.07. The van der Waals surface area contributed by atoms with E-state index in [9.17, 15) is 14.4 Å². The first-order chi connectivity index (χ1) is 14.1. The second-order valence-corrected chi connectivity index (χ2v) is 6.32. The number of amides is 2. The number of carbonyl (C=O) groups excluding carboxylic acids is 2. The third-order valence-electron chi connectivity index (χ3n) is 4.32. The van der Waals surface area contributed by atoms with E-state index in [2.05, 4.69) is 20.6 Å². The molecule has 0 bridgehead atoms. The van der Waals surface area contributed by atoms with Gasteiger partial charge in [0.25, 0.3) is 17.4 Å². The van der Waals surface area contributed by atoms with Crippen LogP contribution in [0.25, 0.3) is 10.9 Å². The largest absolute Gasteiger partial charge is 0.322 e. The quantitative estimate of drug-likeness (QED) is 0.501. The van der Waals surface area contributed by atoms with Gasteiger partial charge in [-0.25, -0.2) is 0 Å². The van der Waals surface area contributed by atoms with Gasteiger partial charge in [0.1, 0.15) is 5.56 Å². The second kappa shape index (κ2) is 7.77. The Labute approximate surface area is 165 Å². The summed E-state index contributed by atoms with van der Waals surface area (Å²) in [6.45, 7) is 0. The minimum Gasteiger partial charge on any atom is -0.322 e. The number of aromatic amines is 1. The summed E-state index contributed by atoms with van der Waals surface area (Å²) >= 11 is 0. The van der Waals surface area contributed by atoms with Crippen molar-refractivity contribution in [3.05, 3.63) is 101 Å². The highest BCUT2D eigenvalue weighted by atomic mass is 16.2. The zero-order valence-corrected chi connectivity index (χ0v) is 15.2. The molecule has 0 aliphatic carbocycles. The Hall–Kier alpha value is -4.26. The normalized spacial score (nSPS) is 10.5. The summed E-state index contributed by atoms with van der Waals surface area (Å²) in [5.74, 6) is -0.823. The molecule has 7 heteroatoms. The molecular formula is C22H16N4O3. The second-order valence-electron chi connectivity index (χ2n) is 6.32. The topological polar surface area (TPSA) is 104 Å². The SMILES string of the molecule is O=C(Nc1cccc(NC(=O)c2cc3ccccc3[nH]c2=O)c1)c1ccncc1. The number of H-pyrrole nitrogens is 1. The summed E-state index contributed by atoms with van der Waals surface area (Å²) in [4.78, 5) is 43.7. The van der Waals surface area contributed by atoms with Gasteiger partial charge in [-0.05, 0) is 47.9 Å². The number of rotatable bonds is 4. The third kappa shape index (κ3) is 4.03. The highest BCUT2D eigenvalue weighted by molar-refractivity contribution is 6.07. The standard InChI is InChI=1S/C22H16N4O3/c27-20(14-8-10-23-11-9-14)24-16-5-3-6-17(13-16)25-21(28)18-12-15-4-1-2-7-19(15)26-22(18)29/h1-13H,(H,24,27)(H,25,28)(H,26,29). The number of hydrogen-bond acceptors (Lipinski definition) is 4. The van der Waals surface area contributed by atoms with Gasteiger partial charge < -0.3 is 15.6 Å². The summed E-state index contributed by atoms with van der Waals surface area (Å²) in [5.41, 5.74) is 1.64. The van der Waals surface area contributed by atoms with Crippen LogP contribution in [0.4, 0.5) is 11.4 Å². The van der Waals surface area contributed by atoms with Crippen LogP contribution in [0.1, 0.15) is 20.7 Å². The molecule has 3 N–H and O–H groups in total. The summed E-state index contributed by atoms with van der Waals surface area (Å²) in [7, 11) is 0. The first kappa shape index (κ1) is 18.1. The molecule has 4 aromatic rings. The molecule has 7 nitrogen and oxygen atoms in total. The lowest BCUT2D eigenvalue weighted by atomic mass is 10.1. The van der Waals surface area contributed by atoms with E-state index < -0.39 is 11.5 Å². The number of fused-ring (bicyclic) bond motifs is 1. The first-order valence-corrected chi connectivity index (χ1v) is 8.85. The number of anilines is 2. The molecule has 29 heavy (non-hydrogen) atoms. The van der Waals surface area contributed by atoms with E-state index in [1.807, 2.05) is 18.2 Å². The molecule has 0 saturated heterocycles. The van der Waals surface area contributed by atoms with Gasteiger partial charge in [-0.3, -0.25) is 19.4 Å². The van der Waals surface area contributed by atoms with Gasteiger partial charge in [0, 0.05) is 34.8 Å². The fourth-order valence-corrected chi connectivity index (χ4v) is 2.90. The van der Waals surface area contributed by atoms with Crippen molar-refractivity contribution in [1.82, 2.24) is 9.97 Å². The van der Waals surface area contributed by atoms with Crippen LogP contribution < -0.4 is 16.2 Å². The molecule has 0 fully saturated rings. The van der Waals surface area contributed by atoms with Crippen molar-refractivity contribution < 1.29 is 9.59 Å². The maximum atomic E-state index is 12.6. The predicted octanol–water partition coefficient (Wildman–Crippen LogP) is 3.43. The summed E-state index contributed by atoms with van der Waals surface area (Å²) < 4.78 is 0. The zero-order valence-electron chi connectivity index (χ0n) is 15.2. The molecule has 2 aromatic carbocycles. The van der Waals surface area contributed by atoms with Gasteiger partial charge in [0.15, 0.2) is 0 Å². The Morgan fingerprint density at radius 2 is 1.48 bits per heavy atom. The maximum absolute atomic E-state index is 12.6. The fourth-order valence-electron chi connectivity index (χ4n) is 2.90. The Kier molecular flexibility index (Phi) is 4.86. The predicted molar refractivity (Wildman–Crippen MR) is 111 cm³/mol. The summed E-state index contributed by atoms with van der Waals surface area (Å²) in [6, 6.07) is 18.7. The highest BCUT2D eigenvalue weighted by Gasteiger charge is 2.13. The van der Waals surface area contributed by atoms with Crippen molar-refractivity contribution in [2.24, 2.45) is 0 Å². The first-order valence-electron chi connectivity index (χ1n) is 8.85. The Morgan fingerprint density at radius 3 is 2.24 bits per heavy atom. The van der Waals surface area contributed by atoms with Crippen LogP contribution in [0.15, 0.2) is 83.9 Å². The number of nitrogens with one attached hydrogen (secondary N) is 3. The molecule has 0 atom stereocenters. The molecule has 0 spiro atoms. The average Bonchev–Trinajstić information content (AvgIpc) is 2.74. The molecule has 0 saturated carbocycles. The van der Waals surface area contributed by atoms with E-state index in [0.29, 0.717) is 22.5 Å². The Bertz CT molecular complexity index is 1270. The van der Waals surface area contributed by atoms with Crippen molar-refractivity contribution >= 4 is 34.1 Å². The third-order valence-corrected chi connectivity index (χ3v) is 4.32. The van der Waals surface area contributed by atoms with E-state index >= 15 is 0 Å². The molecule has 2 heterocycles. The van der Waals surface area contributed by atoms with Gasteiger partial charge in [-0.1, -0.05) is 24.3 Å². The number of carbonyl (C=O) groups is 2. The number of para-hydroxylation sites is 1. The monoisotopic (exact) mass is 384 g/mol. The molecule has 0 aliphatic heterocycles. The van der Waals surface area contributed by atoms with Gasteiger partial charge in [-0.2, -0.15) is 0 Å². The van der Waals surface area contributed by atoms with Crippen LogP contribution in [0, 0.1) is 0 Å². The van der Waals surface area contributed by atoms with E-state index in [1.165, 1.54) is 12.4 Å². The van der Waals surface area contributed by atoms with E-state index in [-0.39, 0.29) is 11.5 Å². The van der Waals surface area contributed by atoms with Crippen molar-refractivity contribution in [2.45, 2.75) is 0 Å². The van der Waals surface area contributed by atoms with E-state index in [1.54, 1.807) is 48.5 Å². The van der Waals surface area contributed by atoms with Crippen LogP contribution in [0.3, 0.4) is 0 Å². The molecule has 4 rings (SSSR count). The van der Waals surface area contributed by atoms with Gasteiger partial charge in [-0.15, -0.1) is 0 Å². The molecular weight excluding hydrogens is 368 g/mol. The summed E-state index contributed by atoms with van der Waals surface area (Å²) in [5, 5.41) is 6.22. The number of hydrogen-bond donors (Lipinski definition) is 3. The molecule has 2 amide bonds. The molecule has 142 valence electrons. The van der Waals surface area contributed by atoms with E-state index in [4.69, 9.17) is 0 Å². The number of benzene rings is 2. The van der Waals surface area contributed by atoms with E-state index in [0.717, 1.165) is 5.39 Å². The van der Waals surface area contributed by atoms with Gasteiger partial charge in [0.05, 0.1) is 0 Å². The maximum Gasteiger partial charge on any atom is 0.261 e. The molecule has 0 aliphatic rings. The van der Waals surface area contributed by atoms with Crippen molar-refractivity contribution in [3.63, 3.8) is 0 Å². The molecule has 0 unspecified atom stereocenters. The smallest absolute Gasteiger partial charge is 0.261 e. The lowest BCUT2D eigenvalue weighted by Gasteiger charge is -2.09. The van der Waals surface area contributed by atoms with Crippen LogP contribution >= 0.6 is 0 Å². The number of aromatic nitrogens is 2. The van der Waals surface area contributed by atoms with Crippen LogP contribution in [-0.2, 0) is 0 Å². The lowest BCUT2D eigenvalue weighted by molar-refractivity contribution is 0.101. The van der Waals surface area contributed by atoms with Crippen molar-refractivity contribution in [3.8, 4) is 0 Å². The van der Waals surface area contributed by atoms with Crippen LogP contribution in [0.2, 0.25) is 0 Å². The van der Waals surface area contributed by atoms with Crippen molar-refractivity contribution in [1.29, 1.82) is 0 Å². The Balaban J connectivity index is 1.53. The molecule has 0 radical (unpaired) electrons. The lowest BCUT2D eigenvalue weighted by Crippen LogP contribution is -2.23. The van der Waals surface area contributed by atoms with Crippen LogP contribution in [0.5, 0.6) is 0 Å². The Morgan fingerprint density at radius 1 is 0.793 bits per heavy atom. The number of nitrogens with zero attached hydrogens (tertiary/aromatic N) is 1. The van der Waals surface area contributed by atoms with Crippen molar-refractivity contribution in [2.75, 3.05) is 10.6 Å². The minimum absolute atomic E-state index is 0.00919. The van der Waals surface area contributed by atoms with Crippen LogP contribution in [-0.4, -0.2) is 21.8 Å². The zero-order chi connectivity index (χ0) is 20.2. The fraction of sp³-hybridized carbons (Fsp3) is 0. The number of pyridine rings is 2.